The van der Waals surface area contributed by atoms with Gasteiger partial charge in [-0.1, -0.05) is 6.08 Å². The highest BCUT2D eigenvalue weighted by Crippen LogP contribution is 2.25. The van der Waals surface area contributed by atoms with Crippen molar-refractivity contribution in [2.45, 2.75) is 6.42 Å². The summed E-state index contributed by atoms with van der Waals surface area (Å²) in [5.74, 6) is -0.813. The summed E-state index contributed by atoms with van der Waals surface area (Å²) in [6, 6.07) is 3.11. The molecule has 2 aliphatic rings. The van der Waals surface area contributed by atoms with Gasteiger partial charge in [0.05, 0.1) is 12.7 Å². The second-order valence-corrected chi connectivity index (χ2v) is 5.91. The Kier molecular flexibility index (Phi) is 4.23. The Morgan fingerprint density at radius 3 is 2.88 bits per heavy atom. The number of amides is 2. The van der Waals surface area contributed by atoms with Crippen molar-refractivity contribution >= 4 is 17.5 Å². The predicted octanol–water partition coefficient (Wildman–Crippen LogP) is 0.287. The summed E-state index contributed by atoms with van der Waals surface area (Å²) in [7, 11) is 2.97. The molecule has 25 heavy (non-hydrogen) atoms. The van der Waals surface area contributed by atoms with Gasteiger partial charge in [0.25, 0.3) is 17.4 Å². The molecular formula is C17H16N4O4. The van der Waals surface area contributed by atoms with E-state index in [1.54, 1.807) is 18.0 Å². The van der Waals surface area contributed by atoms with Crippen molar-refractivity contribution in [1.82, 2.24) is 9.47 Å². The van der Waals surface area contributed by atoms with E-state index in [0.29, 0.717) is 30.8 Å². The SMILES string of the molecule is COc1cc(=O)n(C)cc1C(=O)N1CCC2=NC(=O)C(C#N)=CC2C1. The number of fused-ring (bicyclic) bond motifs is 1. The molecule has 2 amide bonds. The fraction of sp³-hybridized carbons (Fsp3) is 0.353. The normalized spacial score (nSPS) is 19.5. The number of dihydropyridines is 1. The van der Waals surface area contributed by atoms with Crippen LogP contribution in [0.2, 0.25) is 0 Å². The maximum absolute atomic E-state index is 12.9. The Hall–Kier alpha value is -3.21. The lowest BCUT2D eigenvalue weighted by molar-refractivity contribution is -0.114. The van der Waals surface area contributed by atoms with E-state index >= 15 is 0 Å². The van der Waals surface area contributed by atoms with E-state index < -0.39 is 5.91 Å². The number of piperidine rings is 1. The Morgan fingerprint density at radius 2 is 2.20 bits per heavy atom. The van der Waals surface area contributed by atoms with Gasteiger partial charge in [-0.05, 0) is 0 Å². The molecular weight excluding hydrogens is 324 g/mol. The standard InChI is InChI=1S/C17H16N4O4/c1-20-9-12(14(25-2)6-15(20)22)17(24)21-4-3-13-11(8-21)5-10(7-18)16(23)19-13/h5-6,9,11H,3-4,8H2,1-2H3. The first kappa shape index (κ1) is 16.6. The molecule has 1 aromatic rings. The number of aliphatic imine (C=N–C) groups is 1. The van der Waals surface area contributed by atoms with Crippen molar-refractivity contribution in [3.05, 3.63) is 39.8 Å². The number of aromatic nitrogens is 1. The summed E-state index contributed by atoms with van der Waals surface area (Å²) in [5, 5.41) is 8.99. The molecule has 1 atom stereocenters. The first-order valence-electron chi connectivity index (χ1n) is 7.72. The van der Waals surface area contributed by atoms with Crippen molar-refractivity contribution in [3.8, 4) is 11.8 Å². The first-order valence-corrected chi connectivity index (χ1v) is 7.72. The summed E-state index contributed by atoms with van der Waals surface area (Å²) in [5.41, 5.74) is 0.721. The van der Waals surface area contributed by atoms with E-state index in [2.05, 4.69) is 4.99 Å². The van der Waals surface area contributed by atoms with Gasteiger partial charge >= 0.3 is 0 Å². The van der Waals surface area contributed by atoms with Crippen LogP contribution in [-0.2, 0) is 11.8 Å². The number of pyridine rings is 1. The van der Waals surface area contributed by atoms with Gasteiger partial charge in [-0.25, -0.2) is 4.99 Å². The van der Waals surface area contributed by atoms with Crippen molar-refractivity contribution in [2.75, 3.05) is 20.2 Å². The molecule has 2 aliphatic heterocycles. The van der Waals surface area contributed by atoms with Crippen LogP contribution in [0.15, 0.2) is 33.7 Å². The molecule has 3 rings (SSSR count). The van der Waals surface area contributed by atoms with E-state index in [9.17, 15) is 14.4 Å². The molecule has 0 N–H and O–H groups in total. The van der Waals surface area contributed by atoms with Crippen LogP contribution in [0.4, 0.5) is 0 Å². The minimum absolute atomic E-state index is 0.00253. The molecule has 0 aromatic carbocycles. The molecule has 0 bridgehead atoms. The number of carbonyl (C=O) groups is 2. The highest BCUT2D eigenvalue weighted by Gasteiger charge is 2.33. The van der Waals surface area contributed by atoms with Crippen LogP contribution in [0.3, 0.4) is 0 Å². The van der Waals surface area contributed by atoms with E-state index in [4.69, 9.17) is 10.00 Å². The molecule has 8 heteroatoms. The average molecular weight is 340 g/mol. The van der Waals surface area contributed by atoms with Crippen LogP contribution in [-0.4, -0.2) is 47.2 Å². The largest absolute Gasteiger partial charge is 0.496 e. The highest BCUT2D eigenvalue weighted by molar-refractivity contribution is 6.10. The van der Waals surface area contributed by atoms with Gasteiger partial charge in [-0.2, -0.15) is 5.26 Å². The van der Waals surface area contributed by atoms with Crippen LogP contribution >= 0.6 is 0 Å². The molecule has 128 valence electrons. The molecule has 0 spiro atoms. The minimum Gasteiger partial charge on any atom is -0.496 e. The van der Waals surface area contributed by atoms with Crippen LogP contribution in [0.25, 0.3) is 0 Å². The third-order valence-corrected chi connectivity index (χ3v) is 4.37. The lowest BCUT2D eigenvalue weighted by Crippen LogP contribution is -2.45. The van der Waals surface area contributed by atoms with Gasteiger partial charge in [0.1, 0.15) is 17.4 Å². The Balaban J connectivity index is 1.89. The van der Waals surface area contributed by atoms with Crippen molar-refractivity contribution in [3.63, 3.8) is 0 Å². The maximum Gasteiger partial charge on any atom is 0.287 e. The van der Waals surface area contributed by atoms with Gasteiger partial charge in [0, 0.05) is 50.5 Å². The Bertz CT molecular complexity index is 920. The summed E-state index contributed by atoms with van der Waals surface area (Å²) in [4.78, 5) is 41.8. The third kappa shape index (κ3) is 2.96. The van der Waals surface area contributed by atoms with E-state index in [1.807, 2.05) is 6.07 Å². The van der Waals surface area contributed by atoms with Gasteiger partial charge < -0.3 is 14.2 Å². The summed E-state index contributed by atoms with van der Waals surface area (Å²) in [6.07, 6.45) is 3.49. The molecule has 8 nitrogen and oxygen atoms in total. The van der Waals surface area contributed by atoms with Crippen molar-refractivity contribution in [1.29, 1.82) is 5.26 Å². The molecule has 0 aliphatic carbocycles. The topological polar surface area (TPSA) is 105 Å². The van der Waals surface area contributed by atoms with Crippen molar-refractivity contribution < 1.29 is 14.3 Å². The van der Waals surface area contributed by atoms with Crippen LogP contribution in [0.1, 0.15) is 16.8 Å². The highest BCUT2D eigenvalue weighted by atomic mass is 16.5. The van der Waals surface area contributed by atoms with Gasteiger partial charge in [0.15, 0.2) is 0 Å². The predicted molar refractivity (Wildman–Crippen MR) is 88.4 cm³/mol. The number of likely N-dealkylation sites (tertiary alicyclic amines) is 1. The number of hydrogen-bond acceptors (Lipinski definition) is 5. The zero-order chi connectivity index (χ0) is 18.1. The van der Waals surface area contributed by atoms with Crippen molar-refractivity contribution in [2.24, 2.45) is 18.0 Å². The number of rotatable bonds is 2. The van der Waals surface area contributed by atoms with Crippen LogP contribution in [0.5, 0.6) is 5.75 Å². The van der Waals surface area contributed by atoms with E-state index in [1.165, 1.54) is 23.9 Å². The van der Waals surface area contributed by atoms with Gasteiger partial charge in [0.2, 0.25) is 0 Å². The third-order valence-electron chi connectivity index (χ3n) is 4.37. The molecule has 1 fully saturated rings. The fourth-order valence-corrected chi connectivity index (χ4v) is 3.00. The van der Waals surface area contributed by atoms with Gasteiger partial charge in [-0.3, -0.25) is 14.4 Å². The fourth-order valence-electron chi connectivity index (χ4n) is 3.00. The number of carbonyl (C=O) groups excluding carboxylic acids is 2. The zero-order valence-corrected chi connectivity index (χ0v) is 13.9. The van der Waals surface area contributed by atoms with E-state index in [-0.39, 0.29) is 28.7 Å². The quantitative estimate of drug-likeness (QED) is 0.769. The summed E-state index contributed by atoms with van der Waals surface area (Å²) < 4.78 is 6.48. The molecule has 0 saturated carbocycles. The number of methoxy groups -OCH3 is 1. The molecule has 1 saturated heterocycles. The number of nitriles is 1. The summed E-state index contributed by atoms with van der Waals surface area (Å²) in [6.45, 7) is 0.727. The maximum atomic E-state index is 12.9. The molecule has 0 radical (unpaired) electrons. The number of nitrogens with zero attached hydrogens (tertiary/aromatic N) is 4. The minimum atomic E-state index is -0.520. The smallest absolute Gasteiger partial charge is 0.287 e. The summed E-state index contributed by atoms with van der Waals surface area (Å²) >= 11 is 0. The average Bonchev–Trinajstić information content (AvgIpc) is 2.62. The number of aryl methyl sites for hydroxylation is 1. The zero-order valence-electron chi connectivity index (χ0n) is 13.9. The molecule has 1 aromatic heterocycles. The Labute approximate surface area is 143 Å². The lowest BCUT2D eigenvalue weighted by atomic mass is 9.90. The number of hydrogen-bond donors (Lipinski definition) is 0. The second-order valence-electron chi connectivity index (χ2n) is 5.91. The van der Waals surface area contributed by atoms with Crippen LogP contribution < -0.4 is 10.3 Å². The van der Waals surface area contributed by atoms with E-state index in [0.717, 1.165) is 0 Å². The lowest BCUT2D eigenvalue weighted by Gasteiger charge is -2.34. The van der Waals surface area contributed by atoms with Crippen LogP contribution in [0, 0.1) is 17.2 Å². The number of ether oxygens (including phenoxy) is 1. The second kappa shape index (κ2) is 6.36. The Morgan fingerprint density at radius 1 is 1.44 bits per heavy atom. The monoisotopic (exact) mass is 340 g/mol. The molecule has 3 heterocycles. The first-order chi connectivity index (χ1) is 11.9. The molecule has 1 unspecified atom stereocenters. The van der Waals surface area contributed by atoms with Gasteiger partial charge in [-0.15, -0.1) is 0 Å².